The highest BCUT2D eigenvalue weighted by Gasteiger charge is 2.32. The minimum Gasteiger partial charge on any atom is -0.376 e. The van der Waals surface area contributed by atoms with E-state index in [0.29, 0.717) is 18.1 Å². The summed E-state index contributed by atoms with van der Waals surface area (Å²) >= 11 is 0. The molecular weight excluding hydrogens is 265 g/mol. The van der Waals surface area contributed by atoms with Crippen LogP contribution in [0.3, 0.4) is 0 Å². The third-order valence-corrected chi connectivity index (χ3v) is 4.64. The lowest BCUT2D eigenvalue weighted by Crippen LogP contribution is -2.37. The van der Waals surface area contributed by atoms with Crippen LogP contribution in [0.4, 0.5) is 4.39 Å². The van der Waals surface area contributed by atoms with E-state index in [1.54, 1.807) is 6.07 Å². The van der Waals surface area contributed by atoms with Gasteiger partial charge in [0.25, 0.3) is 0 Å². The number of ether oxygens (including phenoxy) is 1. The first-order valence-electron chi connectivity index (χ1n) is 8.18. The molecule has 0 spiro atoms. The van der Waals surface area contributed by atoms with Gasteiger partial charge in [0.05, 0.1) is 12.1 Å². The molecule has 0 saturated heterocycles. The van der Waals surface area contributed by atoms with Gasteiger partial charge >= 0.3 is 0 Å². The number of rotatable bonds is 5. The Bertz CT molecular complexity index is 445. The summed E-state index contributed by atoms with van der Waals surface area (Å²) < 4.78 is 20.3. The predicted octanol–water partition coefficient (Wildman–Crippen LogP) is 4.43. The van der Waals surface area contributed by atoms with E-state index >= 15 is 0 Å². The van der Waals surface area contributed by atoms with Crippen molar-refractivity contribution in [3.63, 3.8) is 0 Å². The van der Waals surface area contributed by atoms with Crippen molar-refractivity contribution in [2.24, 2.45) is 11.7 Å². The molecule has 0 radical (unpaired) electrons. The van der Waals surface area contributed by atoms with Crippen LogP contribution in [0.5, 0.6) is 0 Å². The lowest BCUT2D eigenvalue weighted by atomic mass is 9.80. The average Bonchev–Trinajstić information content (AvgIpc) is 2.44. The van der Waals surface area contributed by atoms with Gasteiger partial charge in [0.15, 0.2) is 0 Å². The van der Waals surface area contributed by atoms with E-state index in [-0.39, 0.29) is 18.0 Å². The van der Waals surface area contributed by atoms with Crippen molar-refractivity contribution >= 4 is 0 Å². The van der Waals surface area contributed by atoms with Crippen molar-refractivity contribution in [2.75, 3.05) is 6.61 Å². The van der Waals surface area contributed by atoms with Gasteiger partial charge in [0, 0.05) is 12.2 Å². The largest absolute Gasteiger partial charge is 0.376 e. The normalized spacial score (nSPS) is 19.5. The van der Waals surface area contributed by atoms with E-state index in [4.69, 9.17) is 10.5 Å². The van der Waals surface area contributed by atoms with E-state index in [2.05, 4.69) is 0 Å². The molecule has 0 aromatic heterocycles. The zero-order valence-electron chi connectivity index (χ0n) is 13.5. The zero-order chi connectivity index (χ0) is 15.4. The van der Waals surface area contributed by atoms with Crippen molar-refractivity contribution in [2.45, 2.75) is 65.0 Å². The molecule has 1 aliphatic rings. The quantitative estimate of drug-likeness (QED) is 0.871. The highest BCUT2D eigenvalue weighted by Crippen LogP contribution is 2.35. The molecule has 2 N–H and O–H groups in total. The van der Waals surface area contributed by atoms with Gasteiger partial charge in [-0.25, -0.2) is 4.39 Å². The highest BCUT2D eigenvalue weighted by atomic mass is 19.1. The lowest BCUT2D eigenvalue weighted by Gasteiger charge is -2.34. The Morgan fingerprint density at radius 3 is 2.48 bits per heavy atom. The zero-order valence-corrected chi connectivity index (χ0v) is 13.5. The summed E-state index contributed by atoms with van der Waals surface area (Å²) in [6.45, 7) is 6.46. The maximum atomic E-state index is 14.4. The fourth-order valence-corrected chi connectivity index (χ4v) is 3.70. The van der Waals surface area contributed by atoms with E-state index in [9.17, 15) is 4.39 Å². The van der Waals surface area contributed by atoms with Crippen LogP contribution >= 0.6 is 0 Å². The fraction of sp³-hybridized carbons (Fsp3) is 0.667. The second-order valence-electron chi connectivity index (χ2n) is 6.32. The Hall–Kier alpha value is -0.930. The molecule has 21 heavy (non-hydrogen) atoms. The predicted molar refractivity (Wildman–Crippen MR) is 84.8 cm³/mol. The number of halogens is 1. The number of hydrogen-bond acceptors (Lipinski definition) is 2. The first kappa shape index (κ1) is 16.4. The monoisotopic (exact) mass is 293 g/mol. The molecule has 0 amide bonds. The molecule has 2 rings (SSSR count). The molecular formula is C18H28FNO. The second-order valence-corrected chi connectivity index (χ2v) is 6.32. The van der Waals surface area contributed by atoms with Crippen LogP contribution in [0.15, 0.2) is 12.1 Å². The molecule has 1 fully saturated rings. The van der Waals surface area contributed by atoms with Crippen molar-refractivity contribution in [1.82, 2.24) is 0 Å². The van der Waals surface area contributed by atoms with E-state index < -0.39 is 0 Å². The van der Waals surface area contributed by atoms with Crippen LogP contribution < -0.4 is 5.73 Å². The van der Waals surface area contributed by atoms with E-state index in [1.165, 1.54) is 19.3 Å². The third-order valence-electron chi connectivity index (χ3n) is 4.64. The van der Waals surface area contributed by atoms with Gasteiger partial charge in [-0.15, -0.1) is 0 Å². The molecule has 2 atom stereocenters. The van der Waals surface area contributed by atoms with Crippen molar-refractivity contribution < 1.29 is 9.13 Å². The summed E-state index contributed by atoms with van der Waals surface area (Å²) in [4.78, 5) is 0. The lowest BCUT2D eigenvalue weighted by molar-refractivity contribution is -0.0106. The Morgan fingerprint density at radius 1 is 1.24 bits per heavy atom. The average molecular weight is 293 g/mol. The van der Waals surface area contributed by atoms with Crippen LogP contribution in [-0.2, 0) is 4.74 Å². The maximum Gasteiger partial charge on any atom is 0.128 e. The van der Waals surface area contributed by atoms with Gasteiger partial charge in [-0.05, 0) is 56.7 Å². The standard InChI is InChI=1S/C18H28FNO/c1-4-21-18(14-8-6-5-7-9-14)17(20)16-13(3)10-12(2)11-15(16)19/h10-11,14,17-18H,4-9,20H2,1-3H3. The third kappa shape index (κ3) is 3.83. The van der Waals surface area contributed by atoms with E-state index in [0.717, 1.165) is 24.0 Å². The number of benzene rings is 1. The second kappa shape index (κ2) is 7.37. The molecule has 0 bridgehead atoms. The highest BCUT2D eigenvalue weighted by molar-refractivity contribution is 5.35. The topological polar surface area (TPSA) is 35.2 Å². The molecule has 1 aliphatic carbocycles. The van der Waals surface area contributed by atoms with Crippen LogP contribution in [0, 0.1) is 25.6 Å². The van der Waals surface area contributed by atoms with Crippen molar-refractivity contribution in [3.8, 4) is 0 Å². The molecule has 0 heterocycles. The molecule has 1 aromatic carbocycles. The smallest absolute Gasteiger partial charge is 0.128 e. The summed E-state index contributed by atoms with van der Waals surface area (Å²) in [5.41, 5.74) is 8.94. The maximum absolute atomic E-state index is 14.4. The van der Waals surface area contributed by atoms with Crippen molar-refractivity contribution in [1.29, 1.82) is 0 Å². The van der Waals surface area contributed by atoms with Gasteiger partial charge in [0.2, 0.25) is 0 Å². The minimum absolute atomic E-state index is 0.0776. The van der Waals surface area contributed by atoms with Crippen molar-refractivity contribution in [3.05, 3.63) is 34.6 Å². The van der Waals surface area contributed by atoms with Crippen LogP contribution in [-0.4, -0.2) is 12.7 Å². The summed E-state index contributed by atoms with van der Waals surface area (Å²) in [5.74, 6) is 0.259. The Balaban J connectivity index is 2.27. The first-order chi connectivity index (χ1) is 10.0. The summed E-state index contributed by atoms with van der Waals surface area (Å²) in [7, 11) is 0. The minimum atomic E-state index is -0.381. The SMILES string of the molecule is CCOC(C1CCCCC1)C(N)c1c(C)cc(C)cc1F. The molecule has 2 nitrogen and oxygen atoms in total. The molecule has 0 aliphatic heterocycles. The Morgan fingerprint density at radius 2 is 1.90 bits per heavy atom. The van der Waals surface area contributed by atoms with Crippen LogP contribution in [0.25, 0.3) is 0 Å². The number of hydrogen-bond donors (Lipinski definition) is 1. The summed E-state index contributed by atoms with van der Waals surface area (Å²) in [6, 6.07) is 3.20. The first-order valence-corrected chi connectivity index (χ1v) is 8.18. The number of aryl methyl sites for hydroxylation is 2. The van der Waals surface area contributed by atoms with Crippen LogP contribution in [0.1, 0.15) is 61.8 Å². The van der Waals surface area contributed by atoms with Gasteiger partial charge in [-0.2, -0.15) is 0 Å². The molecule has 118 valence electrons. The van der Waals surface area contributed by atoms with Gasteiger partial charge in [-0.3, -0.25) is 0 Å². The van der Waals surface area contributed by atoms with Crippen LogP contribution in [0.2, 0.25) is 0 Å². The molecule has 2 unspecified atom stereocenters. The van der Waals surface area contributed by atoms with Gasteiger partial charge in [0.1, 0.15) is 5.82 Å². The fourth-order valence-electron chi connectivity index (χ4n) is 3.70. The summed E-state index contributed by atoms with van der Waals surface area (Å²) in [5, 5.41) is 0. The summed E-state index contributed by atoms with van der Waals surface area (Å²) in [6.07, 6.45) is 5.97. The number of nitrogens with two attached hydrogens (primary N) is 1. The molecule has 1 saturated carbocycles. The van der Waals surface area contributed by atoms with Gasteiger partial charge < -0.3 is 10.5 Å². The Kier molecular flexibility index (Phi) is 5.77. The molecule has 3 heteroatoms. The molecule has 1 aromatic rings. The Labute approximate surface area is 127 Å². The van der Waals surface area contributed by atoms with E-state index in [1.807, 2.05) is 26.8 Å². The van der Waals surface area contributed by atoms with Gasteiger partial charge in [-0.1, -0.05) is 25.3 Å².